The highest BCUT2D eigenvalue weighted by Gasteiger charge is 2.30. The number of nitrogens with one attached hydrogen (secondary N) is 1. The molecule has 0 aliphatic carbocycles. The van der Waals surface area contributed by atoms with Crippen molar-refractivity contribution >= 4 is 22.5 Å². The van der Waals surface area contributed by atoms with Crippen LogP contribution in [0.4, 0.5) is 23.5 Å². The third-order valence-electron chi connectivity index (χ3n) is 6.58. The Bertz CT molecular complexity index is 1370. The summed E-state index contributed by atoms with van der Waals surface area (Å²) in [6, 6.07) is 6.81. The van der Waals surface area contributed by atoms with Gasteiger partial charge in [0.1, 0.15) is 24.2 Å². The first-order valence-corrected chi connectivity index (χ1v) is 11.8. The van der Waals surface area contributed by atoms with Crippen molar-refractivity contribution in [3.8, 4) is 17.0 Å². The van der Waals surface area contributed by atoms with Crippen molar-refractivity contribution < 1.29 is 22.3 Å². The van der Waals surface area contributed by atoms with Crippen LogP contribution in [0, 0.1) is 6.92 Å². The van der Waals surface area contributed by atoms with Crippen LogP contribution in [0.2, 0.25) is 0 Å². The van der Waals surface area contributed by atoms with E-state index in [0.717, 1.165) is 11.1 Å². The maximum Gasteiger partial charge on any atom is 0.256 e. The third kappa shape index (κ3) is 4.57. The summed E-state index contributed by atoms with van der Waals surface area (Å²) in [7, 11) is 1.49. The van der Waals surface area contributed by atoms with Gasteiger partial charge in [-0.05, 0) is 37.1 Å². The van der Waals surface area contributed by atoms with Crippen molar-refractivity contribution in [2.45, 2.75) is 38.5 Å². The van der Waals surface area contributed by atoms with Crippen molar-refractivity contribution in [2.75, 3.05) is 38.7 Å². The molecule has 4 aromatic rings. The van der Waals surface area contributed by atoms with Crippen molar-refractivity contribution in [1.29, 1.82) is 0 Å². The summed E-state index contributed by atoms with van der Waals surface area (Å²) in [6.45, 7) is 1.72. The van der Waals surface area contributed by atoms with E-state index in [1.165, 1.54) is 11.7 Å². The number of anilines is 1. The van der Waals surface area contributed by atoms with E-state index in [2.05, 4.69) is 20.4 Å². The molecule has 0 unspecified atom stereocenters. The zero-order valence-electron chi connectivity index (χ0n) is 20.0. The SMILES string of the molecule is COc1nc(N[C@@H]2CCN(CCF)C[C@H]2F)nn2ccc(-c3ccc4nc(C)n(CC(F)F)c4c3)c12. The molecule has 1 fully saturated rings. The van der Waals surface area contributed by atoms with Crippen LogP contribution in [0.5, 0.6) is 5.88 Å². The molecule has 0 bridgehead atoms. The molecule has 4 heterocycles. The molecule has 12 heteroatoms. The van der Waals surface area contributed by atoms with Gasteiger partial charge in [-0.1, -0.05) is 6.07 Å². The predicted molar refractivity (Wildman–Crippen MR) is 128 cm³/mol. The molecule has 1 aliphatic heterocycles. The summed E-state index contributed by atoms with van der Waals surface area (Å²) in [5.74, 6) is 1.02. The number of aromatic nitrogens is 5. The Balaban J connectivity index is 1.47. The monoisotopic (exact) mass is 505 g/mol. The second-order valence-electron chi connectivity index (χ2n) is 8.88. The summed E-state index contributed by atoms with van der Waals surface area (Å²) in [5, 5.41) is 7.56. The summed E-state index contributed by atoms with van der Waals surface area (Å²) in [5.41, 5.74) is 3.36. The van der Waals surface area contributed by atoms with E-state index in [4.69, 9.17) is 4.74 Å². The molecule has 0 saturated carbocycles. The van der Waals surface area contributed by atoms with Crippen LogP contribution < -0.4 is 10.1 Å². The highest BCUT2D eigenvalue weighted by molar-refractivity contribution is 5.89. The lowest BCUT2D eigenvalue weighted by atomic mass is 10.0. The minimum absolute atomic E-state index is 0.152. The van der Waals surface area contributed by atoms with Gasteiger partial charge < -0.3 is 14.6 Å². The van der Waals surface area contributed by atoms with Crippen molar-refractivity contribution in [3.63, 3.8) is 0 Å². The van der Waals surface area contributed by atoms with Gasteiger partial charge in [0.15, 0.2) is 0 Å². The van der Waals surface area contributed by atoms with Crippen LogP contribution in [0.25, 0.3) is 27.7 Å². The number of halogens is 4. The van der Waals surface area contributed by atoms with Gasteiger partial charge in [-0.2, -0.15) is 4.98 Å². The molecule has 5 rings (SSSR count). The van der Waals surface area contributed by atoms with Gasteiger partial charge >= 0.3 is 0 Å². The number of piperidine rings is 1. The van der Waals surface area contributed by atoms with E-state index in [1.807, 2.05) is 18.2 Å². The zero-order valence-corrected chi connectivity index (χ0v) is 20.0. The number of fused-ring (bicyclic) bond motifs is 2. The Hall–Kier alpha value is -3.41. The molecular weight excluding hydrogens is 478 g/mol. The van der Waals surface area contributed by atoms with Crippen LogP contribution in [0.3, 0.4) is 0 Å². The summed E-state index contributed by atoms with van der Waals surface area (Å²) < 4.78 is 62.2. The van der Waals surface area contributed by atoms with E-state index in [1.54, 1.807) is 28.6 Å². The Morgan fingerprint density at radius 3 is 2.78 bits per heavy atom. The van der Waals surface area contributed by atoms with Gasteiger partial charge in [0.05, 0.1) is 30.7 Å². The van der Waals surface area contributed by atoms with Gasteiger partial charge in [-0.3, -0.25) is 4.90 Å². The second kappa shape index (κ2) is 9.92. The number of likely N-dealkylation sites (tertiary alicyclic amines) is 1. The van der Waals surface area contributed by atoms with Crippen LogP contribution >= 0.6 is 0 Å². The zero-order chi connectivity index (χ0) is 25.4. The van der Waals surface area contributed by atoms with Crippen molar-refractivity contribution in [2.24, 2.45) is 0 Å². The van der Waals surface area contributed by atoms with Gasteiger partial charge in [0.2, 0.25) is 11.8 Å². The van der Waals surface area contributed by atoms with E-state index in [-0.39, 0.29) is 24.9 Å². The first-order valence-electron chi connectivity index (χ1n) is 11.8. The minimum Gasteiger partial charge on any atom is -0.479 e. The number of ether oxygens (including phenoxy) is 1. The molecule has 0 amide bonds. The number of aryl methyl sites for hydroxylation is 1. The molecular formula is C24H27F4N7O. The van der Waals surface area contributed by atoms with Crippen molar-refractivity contribution in [3.05, 3.63) is 36.3 Å². The number of hydrogen-bond acceptors (Lipinski definition) is 6. The molecule has 1 aliphatic rings. The second-order valence-corrected chi connectivity index (χ2v) is 8.88. The van der Waals surface area contributed by atoms with Crippen LogP contribution in [-0.4, -0.2) is 81.1 Å². The molecule has 36 heavy (non-hydrogen) atoms. The topological polar surface area (TPSA) is 72.5 Å². The van der Waals surface area contributed by atoms with E-state index < -0.39 is 31.9 Å². The highest BCUT2D eigenvalue weighted by atomic mass is 19.3. The molecule has 8 nitrogen and oxygen atoms in total. The summed E-state index contributed by atoms with van der Waals surface area (Å²) in [6.07, 6.45) is -1.46. The van der Waals surface area contributed by atoms with Gasteiger partial charge in [0.25, 0.3) is 6.43 Å². The van der Waals surface area contributed by atoms with Crippen molar-refractivity contribution in [1.82, 2.24) is 29.0 Å². The average Bonchev–Trinajstić information content (AvgIpc) is 3.41. The van der Waals surface area contributed by atoms with Crippen LogP contribution in [0.1, 0.15) is 12.2 Å². The Labute approximate surface area is 204 Å². The lowest BCUT2D eigenvalue weighted by Crippen LogP contribution is -2.48. The standard InChI is InChI=1S/C24H27F4N7O/c1-14-29-19-4-3-15(11-20(19)34(14)13-21(27)28)16-5-9-35-22(16)23(36-2)31-24(32-35)30-18-6-8-33(10-7-25)12-17(18)26/h3-5,9,11,17-18,21H,6-8,10,12-13H2,1-2H3,(H,30,32)/t17-,18-/m1/s1. The van der Waals surface area contributed by atoms with E-state index >= 15 is 0 Å². The number of alkyl halides is 4. The predicted octanol–water partition coefficient (Wildman–Crippen LogP) is 4.12. The highest BCUT2D eigenvalue weighted by Crippen LogP contribution is 2.33. The average molecular weight is 506 g/mol. The third-order valence-corrected chi connectivity index (χ3v) is 6.58. The Kier molecular flexibility index (Phi) is 6.69. The normalized spacial score (nSPS) is 19.0. The largest absolute Gasteiger partial charge is 0.479 e. The quantitative estimate of drug-likeness (QED) is 0.363. The Morgan fingerprint density at radius 1 is 1.22 bits per heavy atom. The molecule has 1 aromatic carbocycles. The molecule has 1 N–H and O–H groups in total. The first-order chi connectivity index (χ1) is 17.4. The molecule has 0 radical (unpaired) electrons. The lowest BCUT2D eigenvalue weighted by molar-refractivity contribution is 0.120. The molecule has 3 aromatic heterocycles. The molecule has 1 saturated heterocycles. The summed E-state index contributed by atoms with van der Waals surface area (Å²) >= 11 is 0. The van der Waals surface area contributed by atoms with Crippen LogP contribution in [-0.2, 0) is 6.54 Å². The number of rotatable bonds is 8. The van der Waals surface area contributed by atoms with E-state index in [0.29, 0.717) is 35.3 Å². The number of nitrogens with zero attached hydrogens (tertiary/aromatic N) is 6. The summed E-state index contributed by atoms with van der Waals surface area (Å²) in [4.78, 5) is 10.6. The fraction of sp³-hybridized carbons (Fsp3) is 0.458. The number of hydrogen-bond donors (Lipinski definition) is 1. The number of benzene rings is 1. The fourth-order valence-corrected chi connectivity index (χ4v) is 4.83. The van der Waals surface area contributed by atoms with Gasteiger partial charge in [-0.25, -0.2) is 27.1 Å². The molecule has 192 valence electrons. The van der Waals surface area contributed by atoms with Gasteiger partial charge in [-0.15, -0.1) is 5.10 Å². The Morgan fingerprint density at radius 2 is 2.06 bits per heavy atom. The maximum absolute atomic E-state index is 14.7. The smallest absolute Gasteiger partial charge is 0.256 e. The molecule has 2 atom stereocenters. The van der Waals surface area contributed by atoms with Crippen LogP contribution in [0.15, 0.2) is 30.5 Å². The lowest BCUT2D eigenvalue weighted by Gasteiger charge is -2.34. The fourth-order valence-electron chi connectivity index (χ4n) is 4.83. The number of imidazole rings is 1. The molecule has 0 spiro atoms. The maximum atomic E-state index is 14.7. The van der Waals surface area contributed by atoms with Gasteiger partial charge in [0, 0.05) is 31.4 Å². The minimum atomic E-state index is -2.50. The number of methoxy groups -OCH3 is 1. The first kappa shape index (κ1) is 24.3. The van der Waals surface area contributed by atoms with E-state index in [9.17, 15) is 17.6 Å².